The molecule has 0 aliphatic rings. The Bertz CT molecular complexity index is 385. The predicted molar refractivity (Wildman–Crippen MR) is 62.5 cm³/mol. The Balaban J connectivity index is 2.90. The maximum atomic E-state index is 11.0. The van der Waals surface area contributed by atoms with Gasteiger partial charge in [0.1, 0.15) is 0 Å². The minimum atomic E-state index is -1.38. The Hall–Kier alpha value is -1.37. The van der Waals surface area contributed by atoms with Crippen molar-refractivity contribution in [3.63, 3.8) is 0 Å². The minimum absolute atomic E-state index is 0.191. The van der Waals surface area contributed by atoms with Gasteiger partial charge >= 0.3 is 13.1 Å². The first-order valence-electron chi connectivity index (χ1n) is 5.19. The van der Waals surface area contributed by atoms with Crippen LogP contribution in [0.25, 0.3) is 0 Å². The van der Waals surface area contributed by atoms with Gasteiger partial charge in [0.05, 0.1) is 5.56 Å². The Morgan fingerprint density at radius 1 is 1.29 bits per heavy atom. The number of rotatable bonds is 4. The van der Waals surface area contributed by atoms with E-state index in [0.29, 0.717) is 0 Å². The van der Waals surface area contributed by atoms with Crippen LogP contribution in [0.4, 0.5) is 0 Å². The van der Waals surface area contributed by atoms with E-state index in [1.165, 1.54) is 12.1 Å². The smallest absolute Gasteiger partial charge is 0.427 e. The zero-order chi connectivity index (χ0) is 13.1. The van der Waals surface area contributed by atoms with Crippen LogP contribution in [0.3, 0.4) is 0 Å². The summed E-state index contributed by atoms with van der Waals surface area (Å²) in [6.45, 7) is 3.73. The zero-order valence-corrected chi connectivity index (χ0v) is 9.75. The topological polar surface area (TPSA) is 87.0 Å². The van der Waals surface area contributed by atoms with Crippen molar-refractivity contribution in [2.75, 3.05) is 0 Å². The number of carbonyl (C=O) groups excluding carboxylic acids is 1. The van der Waals surface area contributed by atoms with Crippen LogP contribution in [0.5, 0.6) is 0 Å². The van der Waals surface area contributed by atoms with Crippen LogP contribution in [0.1, 0.15) is 29.8 Å². The second kappa shape index (κ2) is 5.31. The van der Waals surface area contributed by atoms with Crippen LogP contribution in [0.2, 0.25) is 6.32 Å². The van der Waals surface area contributed by atoms with Gasteiger partial charge in [-0.3, -0.25) is 4.89 Å². The molecule has 0 fully saturated rings. The standard InChI is InChI=1S/C11H15BO5/c1-11(2,7-12(14)15)9-5-3-8(4-6-9)10(13)17-16/h3-6,14-16H,7H2,1-2H3. The lowest BCUT2D eigenvalue weighted by atomic mass is 9.67. The minimum Gasteiger partial charge on any atom is -0.427 e. The van der Waals surface area contributed by atoms with Crippen molar-refractivity contribution in [3.8, 4) is 0 Å². The number of hydrogen-bond donors (Lipinski definition) is 3. The average molecular weight is 238 g/mol. The SMILES string of the molecule is CC(C)(CB(O)O)c1ccc(C(=O)OO)cc1. The molecule has 0 atom stereocenters. The summed E-state index contributed by atoms with van der Waals surface area (Å²) >= 11 is 0. The molecule has 0 amide bonds. The summed E-state index contributed by atoms with van der Waals surface area (Å²) in [5.74, 6) is -0.823. The zero-order valence-electron chi connectivity index (χ0n) is 9.75. The van der Waals surface area contributed by atoms with Crippen LogP contribution < -0.4 is 0 Å². The first-order valence-corrected chi connectivity index (χ1v) is 5.19. The van der Waals surface area contributed by atoms with Gasteiger partial charge < -0.3 is 10.0 Å². The van der Waals surface area contributed by atoms with Gasteiger partial charge in [0.2, 0.25) is 0 Å². The highest BCUT2D eigenvalue weighted by Crippen LogP contribution is 2.28. The van der Waals surface area contributed by atoms with Crippen LogP contribution in [-0.2, 0) is 10.3 Å². The summed E-state index contributed by atoms with van der Waals surface area (Å²) in [5, 5.41) is 26.2. The molecule has 0 saturated heterocycles. The molecule has 0 spiro atoms. The summed E-state index contributed by atoms with van der Waals surface area (Å²) in [6.07, 6.45) is 0.191. The van der Waals surface area contributed by atoms with E-state index in [-0.39, 0.29) is 11.9 Å². The van der Waals surface area contributed by atoms with E-state index in [4.69, 9.17) is 15.3 Å². The van der Waals surface area contributed by atoms with Crippen molar-refractivity contribution >= 4 is 13.1 Å². The van der Waals surface area contributed by atoms with E-state index < -0.39 is 18.5 Å². The molecule has 1 aromatic rings. The molecule has 92 valence electrons. The highest BCUT2D eigenvalue weighted by molar-refractivity contribution is 6.41. The molecule has 3 N–H and O–H groups in total. The third-order valence-electron chi connectivity index (χ3n) is 2.68. The van der Waals surface area contributed by atoms with Crippen molar-refractivity contribution in [2.45, 2.75) is 25.6 Å². The summed E-state index contributed by atoms with van der Waals surface area (Å²) < 4.78 is 0. The van der Waals surface area contributed by atoms with Crippen LogP contribution in [0.15, 0.2) is 24.3 Å². The average Bonchev–Trinajstić information content (AvgIpc) is 2.26. The van der Waals surface area contributed by atoms with Crippen molar-refractivity contribution < 1.29 is 25.0 Å². The Kier molecular flexibility index (Phi) is 4.28. The molecule has 1 aromatic carbocycles. The van der Waals surface area contributed by atoms with Crippen LogP contribution in [0, 0.1) is 0 Å². The third-order valence-corrected chi connectivity index (χ3v) is 2.68. The second-order valence-electron chi connectivity index (χ2n) is 4.52. The first-order chi connectivity index (χ1) is 7.86. The molecule has 0 aliphatic carbocycles. The quantitative estimate of drug-likeness (QED) is 0.415. The van der Waals surface area contributed by atoms with E-state index in [9.17, 15) is 4.79 Å². The number of benzene rings is 1. The van der Waals surface area contributed by atoms with Crippen LogP contribution in [-0.4, -0.2) is 28.4 Å². The highest BCUT2D eigenvalue weighted by atomic mass is 17.1. The van der Waals surface area contributed by atoms with Gasteiger partial charge in [-0.15, -0.1) is 0 Å². The lowest BCUT2D eigenvalue weighted by Crippen LogP contribution is -2.26. The van der Waals surface area contributed by atoms with Gasteiger partial charge in [-0.1, -0.05) is 26.0 Å². The monoisotopic (exact) mass is 238 g/mol. The fourth-order valence-electron chi connectivity index (χ4n) is 1.68. The Labute approximate surface area is 99.7 Å². The van der Waals surface area contributed by atoms with Crippen molar-refractivity contribution in [2.24, 2.45) is 0 Å². The summed E-state index contributed by atoms with van der Waals surface area (Å²) in [4.78, 5) is 14.6. The lowest BCUT2D eigenvalue weighted by molar-refractivity contribution is -0.182. The molecule has 0 heterocycles. The van der Waals surface area contributed by atoms with E-state index in [1.807, 2.05) is 13.8 Å². The molecule has 0 aliphatic heterocycles. The van der Waals surface area contributed by atoms with Gasteiger partial charge in [0, 0.05) is 0 Å². The van der Waals surface area contributed by atoms with E-state index in [1.54, 1.807) is 12.1 Å². The van der Waals surface area contributed by atoms with Crippen molar-refractivity contribution in [3.05, 3.63) is 35.4 Å². The lowest BCUT2D eigenvalue weighted by Gasteiger charge is -2.24. The molecule has 6 heteroatoms. The largest absolute Gasteiger partial charge is 0.452 e. The molecule has 0 saturated carbocycles. The molecule has 0 aromatic heterocycles. The number of hydrogen-bond acceptors (Lipinski definition) is 5. The maximum Gasteiger partial charge on any atom is 0.452 e. The molecular formula is C11H15BO5. The Morgan fingerprint density at radius 3 is 2.24 bits per heavy atom. The van der Waals surface area contributed by atoms with Gasteiger partial charge in [-0.05, 0) is 29.4 Å². The predicted octanol–water partition coefficient (Wildman–Crippen LogP) is 1.07. The normalized spacial score (nSPS) is 11.1. The fourth-order valence-corrected chi connectivity index (χ4v) is 1.68. The molecule has 0 unspecified atom stereocenters. The van der Waals surface area contributed by atoms with Gasteiger partial charge in [0.15, 0.2) is 0 Å². The fraction of sp³-hybridized carbons (Fsp3) is 0.364. The second-order valence-corrected chi connectivity index (χ2v) is 4.52. The first kappa shape index (κ1) is 13.7. The van der Waals surface area contributed by atoms with Gasteiger partial charge in [-0.25, -0.2) is 4.79 Å². The molecule has 5 nitrogen and oxygen atoms in total. The van der Waals surface area contributed by atoms with Crippen molar-refractivity contribution in [1.29, 1.82) is 0 Å². The van der Waals surface area contributed by atoms with Gasteiger partial charge in [0.25, 0.3) is 0 Å². The maximum absolute atomic E-state index is 11.0. The summed E-state index contributed by atoms with van der Waals surface area (Å²) in [6, 6.07) is 6.40. The molecule has 0 bridgehead atoms. The number of carbonyl (C=O) groups is 1. The Morgan fingerprint density at radius 2 is 1.82 bits per heavy atom. The molecule has 17 heavy (non-hydrogen) atoms. The molecule has 0 radical (unpaired) electrons. The van der Waals surface area contributed by atoms with E-state index in [0.717, 1.165) is 5.56 Å². The van der Waals surface area contributed by atoms with Gasteiger partial charge in [-0.2, -0.15) is 5.26 Å². The van der Waals surface area contributed by atoms with E-state index in [2.05, 4.69) is 4.89 Å². The summed E-state index contributed by atoms with van der Waals surface area (Å²) in [7, 11) is -1.38. The van der Waals surface area contributed by atoms with Crippen LogP contribution >= 0.6 is 0 Å². The molecular weight excluding hydrogens is 223 g/mol. The van der Waals surface area contributed by atoms with E-state index >= 15 is 0 Å². The molecule has 1 rings (SSSR count). The summed E-state index contributed by atoms with van der Waals surface area (Å²) in [5.41, 5.74) is 0.673. The van der Waals surface area contributed by atoms with Crippen molar-refractivity contribution in [1.82, 2.24) is 0 Å². The third kappa shape index (κ3) is 3.56. The highest BCUT2D eigenvalue weighted by Gasteiger charge is 2.26.